The molecule has 1 aromatic carbocycles. The van der Waals surface area contributed by atoms with Gasteiger partial charge in [0.1, 0.15) is 10.8 Å². The van der Waals surface area contributed by atoms with Gasteiger partial charge < -0.3 is 4.74 Å². The zero-order valence-corrected chi connectivity index (χ0v) is 16.1. The first-order valence-electron chi connectivity index (χ1n) is 7.92. The summed E-state index contributed by atoms with van der Waals surface area (Å²) >= 11 is 2.53. The predicted octanol–water partition coefficient (Wildman–Crippen LogP) is 2.63. The molecule has 0 N–H and O–H groups in total. The van der Waals surface area contributed by atoms with Crippen LogP contribution in [0.2, 0.25) is 0 Å². The molecule has 0 radical (unpaired) electrons. The van der Waals surface area contributed by atoms with Crippen molar-refractivity contribution in [1.82, 2.24) is 34.8 Å². The number of tetrazole rings is 1. The first-order valence-corrected chi connectivity index (χ1v) is 9.72. The van der Waals surface area contributed by atoms with Gasteiger partial charge in [0.2, 0.25) is 10.1 Å². The Morgan fingerprint density at radius 1 is 1.24 bits per heavy atom. The average Bonchev–Trinajstić information content (AvgIpc) is 3.25. The van der Waals surface area contributed by atoms with Gasteiger partial charge in [0.15, 0.2) is 0 Å². The maximum atomic E-state index is 12.3. The molecule has 9 nitrogen and oxygen atoms in total. The van der Waals surface area contributed by atoms with Gasteiger partial charge in [0.05, 0.1) is 11.4 Å². The first kappa shape index (κ1) is 19.3. The molecular formula is C15H10F3N7O2S2. The molecule has 3 aromatic heterocycles. The minimum atomic E-state index is -4.76. The molecule has 0 aliphatic rings. The van der Waals surface area contributed by atoms with E-state index in [2.05, 4.69) is 30.3 Å². The second-order valence-corrected chi connectivity index (χ2v) is 7.71. The number of ether oxygens (including phenoxy) is 1. The summed E-state index contributed by atoms with van der Waals surface area (Å²) in [7, 11) is 0. The monoisotopic (exact) mass is 441 g/mol. The van der Waals surface area contributed by atoms with Gasteiger partial charge in [-0.1, -0.05) is 23.1 Å². The van der Waals surface area contributed by atoms with E-state index in [1.807, 2.05) is 0 Å². The van der Waals surface area contributed by atoms with Crippen molar-refractivity contribution in [2.45, 2.75) is 24.2 Å². The maximum absolute atomic E-state index is 12.3. The summed E-state index contributed by atoms with van der Waals surface area (Å²) < 4.78 is 43.3. The Bertz CT molecular complexity index is 1220. The van der Waals surface area contributed by atoms with E-state index in [-0.39, 0.29) is 11.3 Å². The molecule has 4 rings (SSSR count). The molecule has 29 heavy (non-hydrogen) atoms. The molecule has 0 unspecified atom stereocenters. The third-order valence-corrected chi connectivity index (χ3v) is 5.28. The number of hydrogen-bond acceptors (Lipinski definition) is 9. The third-order valence-electron chi connectivity index (χ3n) is 3.50. The van der Waals surface area contributed by atoms with Crippen LogP contribution in [0.15, 0.2) is 40.3 Å². The van der Waals surface area contributed by atoms with Crippen molar-refractivity contribution >= 4 is 28.1 Å². The van der Waals surface area contributed by atoms with Crippen LogP contribution in [0.5, 0.6) is 5.75 Å². The highest BCUT2D eigenvalue weighted by Gasteiger charge is 2.31. The number of nitrogens with zero attached hydrogens (tertiary/aromatic N) is 7. The van der Waals surface area contributed by atoms with Gasteiger partial charge in [-0.2, -0.15) is 14.3 Å². The highest BCUT2D eigenvalue weighted by Crippen LogP contribution is 2.26. The second-order valence-electron chi connectivity index (χ2n) is 5.60. The van der Waals surface area contributed by atoms with Crippen molar-refractivity contribution < 1.29 is 17.9 Å². The van der Waals surface area contributed by atoms with Crippen LogP contribution in [0, 0.1) is 6.92 Å². The SMILES string of the molecule is Cc1nn2c(=O)cc(CSc3nnnn3-c3ccc(OC(F)(F)F)cc3)nc2s1. The van der Waals surface area contributed by atoms with Crippen LogP contribution in [-0.2, 0) is 5.75 Å². The fourth-order valence-corrected chi connectivity index (χ4v) is 3.93. The fraction of sp³-hybridized carbons (Fsp3) is 0.200. The topological polar surface area (TPSA) is 100 Å². The highest BCUT2D eigenvalue weighted by atomic mass is 32.2. The second kappa shape index (κ2) is 7.44. The molecule has 4 aromatic rings. The van der Waals surface area contributed by atoms with E-state index in [0.717, 1.165) is 5.01 Å². The van der Waals surface area contributed by atoms with Crippen LogP contribution in [0.1, 0.15) is 10.7 Å². The lowest BCUT2D eigenvalue weighted by molar-refractivity contribution is -0.274. The molecule has 0 fully saturated rings. The molecule has 0 atom stereocenters. The summed E-state index contributed by atoms with van der Waals surface area (Å²) in [5, 5.41) is 16.6. The minimum absolute atomic E-state index is 0.283. The van der Waals surface area contributed by atoms with E-state index in [0.29, 0.717) is 27.3 Å². The Morgan fingerprint density at radius 3 is 2.72 bits per heavy atom. The summed E-state index contributed by atoms with van der Waals surface area (Å²) in [4.78, 5) is 17.0. The predicted molar refractivity (Wildman–Crippen MR) is 97.3 cm³/mol. The normalized spacial score (nSPS) is 11.9. The number of halogens is 3. The number of aryl methyl sites for hydroxylation is 1. The lowest BCUT2D eigenvalue weighted by atomic mass is 10.3. The van der Waals surface area contributed by atoms with Gasteiger partial charge in [-0.25, -0.2) is 4.98 Å². The molecule has 3 heterocycles. The molecule has 14 heteroatoms. The van der Waals surface area contributed by atoms with Gasteiger partial charge in [0, 0.05) is 11.8 Å². The Hall–Kier alpha value is -3.00. The zero-order valence-electron chi connectivity index (χ0n) is 14.5. The number of alkyl halides is 3. The Balaban J connectivity index is 1.52. The van der Waals surface area contributed by atoms with E-state index in [1.54, 1.807) is 6.92 Å². The van der Waals surface area contributed by atoms with Crippen LogP contribution in [0.3, 0.4) is 0 Å². The third kappa shape index (κ3) is 4.37. The van der Waals surface area contributed by atoms with Crippen molar-refractivity contribution in [3.63, 3.8) is 0 Å². The van der Waals surface area contributed by atoms with Gasteiger partial charge in [0.25, 0.3) is 5.56 Å². The number of aromatic nitrogens is 7. The molecule has 0 aliphatic heterocycles. The van der Waals surface area contributed by atoms with Crippen molar-refractivity contribution in [3.05, 3.63) is 51.4 Å². The van der Waals surface area contributed by atoms with E-state index in [1.165, 1.54) is 62.6 Å². The maximum Gasteiger partial charge on any atom is 0.573 e. The standard InChI is InChI=1S/C15H10F3N7O2S2/c1-8-21-25-12(26)6-9(19-13(25)29-8)7-28-14-20-22-23-24(14)10-2-4-11(5-3-10)27-15(16,17)18/h2-6H,7H2,1H3. The number of rotatable bonds is 5. The van der Waals surface area contributed by atoms with Crippen LogP contribution < -0.4 is 10.3 Å². The Kier molecular flexibility index (Phi) is 4.96. The van der Waals surface area contributed by atoms with Gasteiger partial charge in [-0.05, 0) is 41.6 Å². The quantitative estimate of drug-likeness (QED) is 0.436. The molecule has 150 valence electrons. The lowest BCUT2D eigenvalue weighted by Crippen LogP contribution is -2.17. The number of hydrogen-bond donors (Lipinski definition) is 0. The fourth-order valence-electron chi connectivity index (χ4n) is 2.38. The summed E-state index contributed by atoms with van der Waals surface area (Å²) in [5.74, 6) is -0.0282. The molecular weight excluding hydrogens is 431 g/mol. The first-order chi connectivity index (χ1) is 13.8. The largest absolute Gasteiger partial charge is 0.573 e. The van der Waals surface area contributed by atoms with Crippen LogP contribution in [0.4, 0.5) is 13.2 Å². The molecule has 0 bridgehead atoms. The van der Waals surface area contributed by atoms with Crippen LogP contribution >= 0.6 is 23.1 Å². The van der Waals surface area contributed by atoms with E-state index >= 15 is 0 Å². The number of fused-ring (bicyclic) bond motifs is 1. The van der Waals surface area contributed by atoms with Crippen LogP contribution in [-0.4, -0.2) is 41.2 Å². The average molecular weight is 441 g/mol. The highest BCUT2D eigenvalue weighted by molar-refractivity contribution is 7.98. The van der Waals surface area contributed by atoms with Gasteiger partial charge >= 0.3 is 6.36 Å². The summed E-state index contributed by atoms with van der Waals surface area (Å²) in [6.07, 6.45) is -4.76. The van der Waals surface area contributed by atoms with Crippen molar-refractivity contribution in [3.8, 4) is 11.4 Å². The van der Waals surface area contributed by atoms with Gasteiger partial charge in [-0.3, -0.25) is 4.79 Å². The molecule has 0 amide bonds. The number of benzene rings is 1. The summed E-state index contributed by atoms with van der Waals surface area (Å²) in [6.45, 7) is 1.78. The summed E-state index contributed by atoms with van der Waals surface area (Å²) in [6, 6.07) is 6.52. The molecule has 0 aliphatic carbocycles. The van der Waals surface area contributed by atoms with E-state index in [9.17, 15) is 18.0 Å². The van der Waals surface area contributed by atoms with Crippen molar-refractivity contribution in [2.75, 3.05) is 0 Å². The van der Waals surface area contributed by atoms with Gasteiger partial charge in [-0.15, -0.1) is 18.3 Å². The summed E-state index contributed by atoms with van der Waals surface area (Å²) in [5.41, 5.74) is 0.704. The molecule has 0 saturated carbocycles. The zero-order chi connectivity index (χ0) is 20.6. The minimum Gasteiger partial charge on any atom is -0.406 e. The molecule has 0 spiro atoms. The van der Waals surface area contributed by atoms with E-state index < -0.39 is 6.36 Å². The number of thioether (sulfide) groups is 1. The Morgan fingerprint density at radius 2 is 2.00 bits per heavy atom. The van der Waals surface area contributed by atoms with Crippen molar-refractivity contribution in [2.24, 2.45) is 0 Å². The van der Waals surface area contributed by atoms with Crippen molar-refractivity contribution in [1.29, 1.82) is 0 Å². The van der Waals surface area contributed by atoms with E-state index in [4.69, 9.17) is 0 Å². The Labute approximate surface area is 168 Å². The van der Waals surface area contributed by atoms with Crippen LogP contribution in [0.25, 0.3) is 10.6 Å². The lowest BCUT2D eigenvalue weighted by Gasteiger charge is -2.09. The molecule has 0 saturated heterocycles. The smallest absolute Gasteiger partial charge is 0.406 e.